The zero-order valence-electron chi connectivity index (χ0n) is 14.4. The Morgan fingerprint density at radius 1 is 1.23 bits per heavy atom. The number of anilines is 2. The van der Waals surface area contributed by atoms with Gasteiger partial charge in [-0.3, -0.25) is 19.4 Å². The summed E-state index contributed by atoms with van der Waals surface area (Å²) in [6, 6.07) is 10.7. The van der Waals surface area contributed by atoms with E-state index in [2.05, 4.69) is 15.6 Å². The minimum absolute atomic E-state index is 0.0844. The molecule has 0 radical (unpaired) electrons. The summed E-state index contributed by atoms with van der Waals surface area (Å²) in [4.78, 5) is 41.3. The van der Waals surface area contributed by atoms with Gasteiger partial charge >= 0.3 is 0 Å². The Morgan fingerprint density at radius 3 is 2.65 bits per heavy atom. The molecule has 1 aliphatic heterocycles. The van der Waals surface area contributed by atoms with Crippen LogP contribution in [0.4, 0.5) is 11.4 Å². The van der Waals surface area contributed by atoms with Crippen LogP contribution in [0.5, 0.6) is 0 Å². The summed E-state index contributed by atoms with van der Waals surface area (Å²) in [5, 5.41) is 5.54. The number of benzene rings is 1. The Hall–Kier alpha value is -3.22. The molecule has 7 nitrogen and oxygen atoms in total. The fourth-order valence-electron chi connectivity index (χ4n) is 2.90. The van der Waals surface area contributed by atoms with Gasteiger partial charge in [0.1, 0.15) is 0 Å². The second-order valence-electron chi connectivity index (χ2n) is 6.21. The van der Waals surface area contributed by atoms with Gasteiger partial charge in [-0.2, -0.15) is 0 Å². The Kier molecular flexibility index (Phi) is 5.26. The molecule has 2 heterocycles. The zero-order chi connectivity index (χ0) is 18.5. The number of pyridine rings is 1. The van der Waals surface area contributed by atoms with Crippen molar-refractivity contribution in [2.45, 2.75) is 19.9 Å². The van der Waals surface area contributed by atoms with E-state index in [9.17, 15) is 14.4 Å². The molecular weight excluding hydrogens is 332 g/mol. The maximum Gasteiger partial charge on any atom is 0.227 e. The van der Waals surface area contributed by atoms with Gasteiger partial charge < -0.3 is 15.5 Å². The largest absolute Gasteiger partial charge is 0.352 e. The van der Waals surface area contributed by atoms with Crippen LogP contribution in [0.25, 0.3) is 0 Å². The van der Waals surface area contributed by atoms with Gasteiger partial charge in [0.15, 0.2) is 0 Å². The van der Waals surface area contributed by atoms with Crippen molar-refractivity contribution in [1.82, 2.24) is 10.3 Å². The van der Waals surface area contributed by atoms with Gasteiger partial charge in [-0.15, -0.1) is 0 Å². The molecule has 0 aliphatic carbocycles. The third-order valence-electron chi connectivity index (χ3n) is 4.18. The topological polar surface area (TPSA) is 91.4 Å². The van der Waals surface area contributed by atoms with Crippen molar-refractivity contribution in [2.24, 2.45) is 5.92 Å². The van der Waals surface area contributed by atoms with Crippen molar-refractivity contribution in [3.05, 3.63) is 54.4 Å². The standard InChI is InChI=1S/C19H20N4O3/c1-13(24)22-16-4-6-17(7-5-16)23-12-15(9-18(23)25)19(26)21-11-14-3-2-8-20-10-14/h2-8,10,15H,9,11-12H2,1H3,(H,21,26)(H,22,24). The van der Waals surface area contributed by atoms with Crippen LogP contribution in [0.2, 0.25) is 0 Å². The number of rotatable bonds is 5. The van der Waals surface area contributed by atoms with Crippen LogP contribution in [0.3, 0.4) is 0 Å². The molecular formula is C19H20N4O3. The minimum atomic E-state index is -0.380. The minimum Gasteiger partial charge on any atom is -0.352 e. The van der Waals surface area contributed by atoms with Crippen molar-refractivity contribution < 1.29 is 14.4 Å². The van der Waals surface area contributed by atoms with Gasteiger partial charge in [-0.1, -0.05) is 6.07 Å². The summed E-state index contributed by atoms with van der Waals surface area (Å²) < 4.78 is 0. The first-order valence-electron chi connectivity index (χ1n) is 8.37. The van der Waals surface area contributed by atoms with Crippen LogP contribution in [0, 0.1) is 5.92 Å². The van der Waals surface area contributed by atoms with E-state index < -0.39 is 0 Å². The summed E-state index contributed by atoms with van der Waals surface area (Å²) in [7, 11) is 0. The van der Waals surface area contributed by atoms with Crippen molar-refractivity contribution in [2.75, 3.05) is 16.8 Å². The number of aromatic nitrogens is 1. The summed E-state index contributed by atoms with van der Waals surface area (Å²) in [6.45, 7) is 2.17. The fraction of sp³-hybridized carbons (Fsp3) is 0.263. The second kappa shape index (κ2) is 7.77. The van der Waals surface area contributed by atoms with E-state index in [0.29, 0.717) is 24.5 Å². The summed E-state index contributed by atoms with van der Waals surface area (Å²) in [6.07, 6.45) is 3.56. The Morgan fingerprint density at radius 2 is 2.00 bits per heavy atom. The summed E-state index contributed by atoms with van der Waals surface area (Å²) in [5.74, 6) is -0.757. The number of hydrogen-bond acceptors (Lipinski definition) is 4. The highest BCUT2D eigenvalue weighted by molar-refractivity contribution is 6.00. The predicted molar refractivity (Wildman–Crippen MR) is 97.3 cm³/mol. The monoisotopic (exact) mass is 352 g/mol. The SMILES string of the molecule is CC(=O)Nc1ccc(N2CC(C(=O)NCc3cccnc3)CC2=O)cc1. The van der Waals surface area contributed by atoms with E-state index in [0.717, 1.165) is 5.56 Å². The van der Waals surface area contributed by atoms with Crippen LogP contribution in [0.1, 0.15) is 18.9 Å². The molecule has 1 saturated heterocycles. The first-order chi connectivity index (χ1) is 12.5. The highest BCUT2D eigenvalue weighted by Gasteiger charge is 2.34. The lowest BCUT2D eigenvalue weighted by Crippen LogP contribution is -2.32. The van der Waals surface area contributed by atoms with E-state index in [1.807, 2.05) is 12.1 Å². The molecule has 1 fully saturated rings. The summed E-state index contributed by atoms with van der Waals surface area (Å²) >= 11 is 0. The second-order valence-corrected chi connectivity index (χ2v) is 6.21. The number of nitrogens with one attached hydrogen (secondary N) is 2. The van der Waals surface area contributed by atoms with Crippen molar-refractivity contribution in [3.63, 3.8) is 0 Å². The van der Waals surface area contributed by atoms with Gasteiger partial charge in [-0.05, 0) is 35.9 Å². The van der Waals surface area contributed by atoms with E-state index in [4.69, 9.17) is 0 Å². The van der Waals surface area contributed by atoms with Gasteiger partial charge in [0.25, 0.3) is 0 Å². The maximum absolute atomic E-state index is 12.4. The van der Waals surface area contributed by atoms with E-state index in [1.165, 1.54) is 6.92 Å². The predicted octanol–water partition coefficient (Wildman–Crippen LogP) is 1.71. The van der Waals surface area contributed by atoms with E-state index in [1.54, 1.807) is 41.6 Å². The van der Waals surface area contributed by atoms with E-state index >= 15 is 0 Å². The highest BCUT2D eigenvalue weighted by atomic mass is 16.2. The molecule has 1 unspecified atom stereocenters. The zero-order valence-corrected chi connectivity index (χ0v) is 14.4. The molecule has 7 heteroatoms. The molecule has 2 N–H and O–H groups in total. The normalized spacial score (nSPS) is 16.4. The lowest BCUT2D eigenvalue weighted by molar-refractivity contribution is -0.126. The lowest BCUT2D eigenvalue weighted by atomic mass is 10.1. The molecule has 134 valence electrons. The molecule has 3 rings (SSSR count). The van der Waals surface area contributed by atoms with Crippen molar-refractivity contribution in [3.8, 4) is 0 Å². The molecule has 1 aromatic heterocycles. The maximum atomic E-state index is 12.4. The van der Waals surface area contributed by atoms with Crippen LogP contribution in [0.15, 0.2) is 48.8 Å². The highest BCUT2D eigenvalue weighted by Crippen LogP contribution is 2.26. The smallest absolute Gasteiger partial charge is 0.227 e. The Bertz CT molecular complexity index is 805. The van der Waals surface area contributed by atoms with Crippen LogP contribution in [-0.2, 0) is 20.9 Å². The fourth-order valence-corrected chi connectivity index (χ4v) is 2.90. The number of carbonyl (C=O) groups excluding carboxylic acids is 3. The van der Waals surface area contributed by atoms with Gasteiger partial charge in [0.2, 0.25) is 17.7 Å². The number of amides is 3. The average Bonchev–Trinajstić information content (AvgIpc) is 3.02. The number of carbonyl (C=O) groups is 3. The third kappa shape index (κ3) is 4.24. The van der Waals surface area contributed by atoms with Gasteiger partial charge in [0, 0.05) is 50.2 Å². The van der Waals surface area contributed by atoms with E-state index in [-0.39, 0.29) is 30.1 Å². The molecule has 1 aliphatic rings. The molecule has 2 aromatic rings. The molecule has 26 heavy (non-hydrogen) atoms. The molecule has 3 amide bonds. The lowest BCUT2D eigenvalue weighted by Gasteiger charge is -2.17. The summed E-state index contributed by atoms with van der Waals surface area (Å²) in [5.41, 5.74) is 2.29. The van der Waals surface area contributed by atoms with Gasteiger partial charge in [-0.25, -0.2) is 0 Å². The molecule has 0 spiro atoms. The third-order valence-corrected chi connectivity index (χ3v) is 4.18. The average molecular weight is 352 g/mol. The first kappa shape index (κ1) is 17.6. The van der Waals surface area contributed by atoms with Crippen molar-refractivity contribution in [1.29, 1.82) is 0 Å². The molecule has 1 atom stereocenters. The quantitative estimate of drug-likeness (QED) is 0.857. The Balaban J connectivity index is 1.59. The Labute approximate surface area is 151 Å². The first-order valence-corrected chi connectivity index (χ1v) is 8.37. The van der Waals surface area contributed by atoms with Gasteiger partial charge in [0.05, 0.1) is 5.92 Å². The molecule has 0 saturated carbocycles. The van der Waals surface area contributed by atoms with Crippen molar-refractivity contribution >= 4 is 29.1 Å². The molecule has 1 aromatic carbocycles. The number of hydrogen-bond donors (Lipinski definition) is 2. The van der Waals surface area contributed by atoms with Crippen LogP contribution >= 0.6 is 0 Å². The number of nitrogens with zero attached hydrogens (tertiary/aromatic N) is 2. The van der Waals surface area contributed by atoms with Crippen LogP contribution in [-0.4, -0.2) is 29.3 Å². The molecule has 0 bridgehead atoms. The van der Waals surface area contributed by atoms with Crippen LogP contribution < -0.4 is 15.5 Å².